The van der Waals surface area contributed by atoms with Gasteiger partial charge >= 0.3 is 0 Å². The van der Waals surface area contributed by atoms with E-state index in [0.717, 1.165) is 4.31 Å². The van der Waals surface area contributed by atoms with E-state index in [1.807, 2.05) is 6.92 Å². The zero-order valence-corrected chi connectivity index (χ0v) is 14.9. The van der Waals surface area contributed by atoms with Crippen LogP contribution in [0.1, 0.15) is 25.3 Å². The summed E-state index contributed by atoms with van der Waals surface area (Å²) in [6, 6.07) is 4.80. The van der Waals surface area contributed by atoms with E-state index in [1.165, 1.54) is 20.2 Å². The topological polar surface area (TPSA) is 92.5 Å². The number of rotatable bonds is 6. The number of hydrogen-bond donors (Lipinski definition) is 2. The maximum Gasteiger partial charge on any atom is 0.242 e. The molecule has 0 aliphatic heterocycles. The molecule has 0 heterocycles. The number of anilines is 1. The van der Waals surface area contributed by atoms with E-state index in [1.54, 1.807) is 19.1 Å². The number of benzene rings is 1. The Labute approximate surface area is 138 Å². The summed E-state index contributed by atoms with van der Waals surface area (Å²) >= 11 is 0. The summed E-state index contributed by atoms with van der Waals surface area (Å²) in [6.45, 7) is 3.55. The Bertz CT molecular complexity index is 616. The number of nitrogens with one attached hydrogen (secondary N) is 1. The zero-order valence-electron chi connectivity index (χ0n) is 13.3. The van der Waals surface area contributed by atoms with E-state index in [-0.39, 0.29) is 29.3 Å². The third-order valence-electron chi connectivity index (χ3n) is 3.06. The van der Waals surface area contributed by atoms with Crippen LogP contribution in [-0.4, -0.2) is 38.8 Å². The fraction of sp³-hybridized carbons (Fsp3) is 0.500. The van der Waals surface area contributed by atoms with Gasteiger partial charge in [0.1, 0.15) is 0 Å². The van der Waals surface area contributed by atoms with Gasteiger partial charge in [0.2, 0.25) is 15.9 Å². The number of nitrogens with zero attached hydrogens (tertiary/aromatic N) is 1. The lowest BCUT2D eigenvalue weighted by Gasteiger charge is -2.15. The van der Waals surface area contributed by atoms with Crippen molar-refractivity contribution in [1.29, 1.82) is 0 Å². The fourth-order valence-corrected chi connectivity index (χ4v) is 2.88. The maximum absolute atomic E-state index is 12.2. The minimum absolute atomic E-state index is 0. The summed E-state index contributed by atoms with van der Waals surface area (Å²) in [4.78, 5) is 12.0. The Balaban J connectivity index is 0.00000441. The van der Waals surface area contributed by atoms with Crippen LogP contribution in [0.5, 0.6) is 0 Å². The van der Waals surface area contributed by atoms with Crippen LogP contribution in [0.4, 0.5) is 5.69 Å². The summed E-state index contributed by atoms with van der Waals surface area (Å²) in [5.74, 6) is -0.177. The molecule has 0 aromatic heterocycles. The minimum Gasteiger partial charge on any atom is -0.328 e. The standard InChI is InChI=1S/C14H23N3O3S.ClH/c1-10-5-7-12(16-14(18)8-6-11(2)15)9-13(10)21(19,20)17(3)4;/h5,7,9,11H,6,8,15H2,1-4H3,(H,16,18);1H. The van der Waals surface area contributed by atoms with Gasteiger partial charge in [0.05, 0.1) is 4.90 Å². The number of amides is 1. The lowest BCUT2D eigenvalue weighted by atomic mass is 10.2. The molecule has 1 amide bonds. The van der Waals surface area contributed by atoms with Gasteiger partial charge in [-0.15, -0.1) is 12.4 Å². The molecule has 0 bridgehead atoms. The second kappa shape index (κ2) is 8.47. The molecule has 0 aliphatic rings. The van der Waals surface area contributed by atoms with E-state index in [2.05, 4.69) is 5.32 Å². The smallest absolute Gasteiger partial charge is 0.242 e. The van der Waals surface area contributed by atoms with E-state index < -0.39 is 10.0 Å². The number of carbonyl (C=O) groups is 1. The van der Waals surface area contributed by atoms with Crippen LogP contribution in [0.25, 0.3) is 0 Å². The van der Waals surface area contributed by atoms with Gasteiger partial charge in [0.25, 0.3) is 0 Å². The van der Waals surface area contributed by atoms with Gasteiger partial charge in [0, 0.05) is 32.2 Å². The first-order valence-electron chi connectivity index (χ1n) is 6.73. The van der Waals surface area contributed by atoms with Gasteiger partial charge in [-0.05, 0) is 38.0 Å². The predicted octanol–water partition coefficient (Wildman–Crippen LogP) is 1.73. The van der Waals surface area contributed by atoms with Crippen LogP contribution >= 0.6 is 12.4 Å². The van der Waals surface area contributed by atoms with E-state index in [0.29, 0.717) is 24.1 Å². The first-order chi connectivity index (χ1) is 9.64. The fourth-order valence-electron chi connectivity index (χ4n) is 1.73. The summed E-state index contributed by atoms with van der Waals surface area (Å²) in [7, 11) is -0.580. The molecule has 0 spiro atoms. The highest BCUT2D eigenvalue weighted by Crippen LogP contribution is 2.22. The van der Waals surface area contributed by atoms with E-state index in [9.17, 15) is 13.2 Å². The van der Waals surface area contributed by atoms with Gasteiger partial charge in [0.15, 0.2) is 0 Å². The summed E-state index contributed by atoms with van der Waals surface area (Å²) in [5.41, 5.74) is 6.71. The Morgan fingerprint density at radius 3 is 2.45 bits per heavy atom. The molecular weight excluding hydrogens is 326 g/mol. The van der Waals surface area contributed by atoms with Crippen molar-refractivity contribution in [3.8, 4) is 0 Å². The lowest BCUT2D eigenvalue weighted by molar-refractivity contribution is -0.116. The molecule has 1 rings (SSSR count). The van der Waals surface area contributed by atoms with Crippen molar-refractivity contribution in [3.63, 3.8) is 0 Å². The van der Waals surface area contributed by atoms with Crippen LogP contribution in [0.3, 0.4) is 0 Å². The van der Waals surface area contributed by atoms with Crippen molar-refractivity contribution in [2.75, 3.05) is 19.4 Å². The van der Waals surface area contributed by atoms with Crippen molar-refractivity contribution in [2.24, 2.45) is 5.73 Å². The third kappa shape index (κ3) is 5.57. The van der Waals surface area contributed by atoms with Gasteiger partial charge in [-0.25, -0.2) is 12.7 Å². The molecule has 1 atom stereocenters. The van der Waals surface area contributed by atoms with Gasteiger partial charge in [-0.1, -0.05) is 6.07 Å². The monoisotopic (exact) mass is 349 g/mol. The van der Waals surface area contributed by atoms with E-state index >= 15 is 0 Å². The summed E-state index contributed by atoms with van der Waals surface area (Å²) in [5, 5.41) is 2.70. The van der Waals surface area contributed by atoms with Gasteiger partial charge < -0.3 is 11.1 Å². The van der Waals surface area contributed by atoms with Crippen molar-refractivity contribution in [3.05, 3.63) is 23.8 Å². The Morgan fingerprint density at radius 1 is 1.36 bits per heavy atom. The average molecular weight is 350 g/mol. The van der Waals surface area contributed by atoms with Crippen LogP contribution in [0.15, 0.2) is 23.1 Å². The highest BCUT2D eigenvalue weighted by molar-refractivity contribution is 7.89. The number of halogens is 1. The van der Waals surface area contributed by atoms with Crippen molar-refractivity contribution >= 4 is 34.0 Å². The highest BCUT2D eigenvalue weighted by Gasteiger charge is 2.20. The average Bonchev–Trinajstić information content (AvgIpc) is 2.38. The molecular formula is C14H24ClN3O3S. The third-order valence-corrected chi connectivity index (χ3v) is 5.01. The van der Waals surface area contributed by atoms with Crippen molar-refractivity contribution in [1.82, 2.24) is 4.31 Å². The SMILES string of the molecule is Cc1ccc(NC(=O)CCC(C)N)cc1S(=O)(=O)N(C)C.Cl. The Morgan fingerprint density at radius 2 is 1.95 bits per heavy atom. The van der Waals surface area contributed by atoms with E-state index in [4.69, 9.17) is 5.73 Å². The predicted molar refractivity (Wildman–Crippen MR) is 90.8 cm³/mol. The molecule has 22 heavy (non-hydrogen) atoms. The first kappa shape index (κ1) is 20.9. The number of nitrogens with two attached hydrogens (primary N) is 1. The lowest BCUT2D eigenvalue weighted by Crippen LogP contribution is -2.23. The second-order valence-electron chi connectivity index (χ2n) is 5.33. The first-order valence-corrected chi connectivity index (χ1v) is 8.17. The van der Waals surface area contributed by atoms with Crippen LogP contribution in [0.2, 0.25) is 0 Å². The molecule has 0 saturated heterocycles. The van der Waals surface area contributed by atoms with Gasteiger partial charge in [-0.2, -0.15) is 0 Å². The molecule has 8 heteroatoms. The Hall–Kier alpha value is -1.15. The normalized spacial score (nSPS) is 12.6. The molecule has 1 aromatic carbocycles. The Kier molecular flexibility index (Phi) is 8.03. The minimum atomic E-state index is -3.53. The highest BCUT2D eigenvalue weighted by atomic mass is 35.5. The molecule has 0 radical (unpaired) electrons. The number of carbonyl (C=O) groups excluding carboxylic acids is 1. The number of hydrogen-bond acceptors (Lipinski definition) is 4. The van der Waals surface area contributed by atoms with Crippen molar-refractivity contribution in [2.45, 2.75) is 37.6 Å². The molecule has 0 fully saturated rings. The molecule has 1 aromatic rings. The molecule has 1 unspecified atom stereocenters. The summed E-state index contributed by atoms with van der Waals surface area (Å²) < 4.78 is 25.6. The maximum atomic E-state index is 12.2. The van der Waals surface area contributed by atoms with Gasteiger partial charge in [-0.3, -0.25) is 4.79 Å². The number of aryl methyl sites for hydroxylation is 1. The zero-order chi connectivity index (χ0) is 16.2. The largest absolute Gasteiger partial charge is 0.328 e. The second-order valence-corrected chi connectivity index (χ2v) is 7.45. The molecule has 0 saturated carbocycles. The van der Waals surface area contributed by atoms with Crippen LogP contribution in [-0.2, 0) is 14.8 Å². The number of sulfonamides is 1. The molecule has 126 valence electrons. The molecule has 6 nitrogen and oxygen atoms in total. The quantitative estimate of drug-likeness (QED) is 0.818. The summed E-state index contributed by atoms with van der Waals surface area (Å²) in [6.07, 6.45) is 0.891. The molecule has 0 aliphatic carbocycles. The molecule has 3 N–H and O–H groups in total. The van der Waals surface area contributed by atoms with Crippen LogP contribution < -0.4 is 11.1 Å². The van der Waals surface area contributed by atoms with Crippen LogP contribution in [0, 0.1) is 6.92 Å². The van der Waals surface area contributed by atoms with Crippen molar-refractivity contribution < 1.29 is 13.2 Å².